The first-order chi connectivity index (χ1) is 9.54. The molecule has 1 atom stereocenters. The normalized spacial score (nSPS) is 13.3. The molecular weight excluding hydrogens is 264 g/mol. The Morgan fingerprint density at radius 2 is 1.95 bits per heavy atom. The lowest BCUT2D eigenvalue weighted by atomic mass is 9.93. The predicted octanol–water partition coefficient (Wildman–Crippen LogP) is 4.25. The second-order valence-electron chi connectivity index (χ2n) is 6.24. The third-order valence-corrected chi connectivity index (χ3v) is 4.21. The molecule has 1 unspecified atom stereocenters. The van der Waals surface area contributed by atoms with Gasteiger partial charge >= 0.3 is 0 Å². The topological polar surface area (TPSA) is 24.9 Å². The summed E-state index contributed by atoms with van der Waals surface area (Å²) in [4.78, 5) is 5.54. The number of hydrogen-bond acceptors (Lipinski definition) is 3. The Hall–Kier alpha value is -1.19. The van der Waals surface area contributed by atoms with Crippen LogP contribution in [0, 0.1) is 0 Å². The van der Waals surface area contributed by atoms with Crippen LogP contribution >= 0.6 is 11.3 Å². The lowest BCUT2D eigenvalue weighted by Gasteiger charge is -2.25. The molecule has 2 nitrogen and oxygen atoms in total. The van der Waals surface area contributed by atoms with Crippen LogP contribution < -0.4 is 5.32 Å². The van der Waals surface area contributed by atoms with E-state index in [1.54, 1.807) is 11.3 Å². The van der Waals surface area contributed by atoms with E-state index in [0.29, 0.717) is 5.92 Å². The Morgan fingerprint density at radius 1 is 1.20 bits per heavy atom. The monoisotopic (exact) mass is 288 g/mol. The molecule has 108 valence electrons. The smallest absolute Gasteiger partial charge is 0.0794 e. The predicted molar refractivity (Wildman–Crippen MR) is 87.4 cm³/mol. The van der Waals surface area contributed by atoms with Crippen molar-refractivity contribution in [2.75, 3.05) is 6.54 Å². The average molecular weight is 288 g/mol. The van der Waals surface area contributed by atoms with E-state index in [-0.39, 0.29) is 5.54 Å². The van der Waals surface area contributed by atoms with E-state index in [1.807, 2.05) is 11.7 Å². The molecule has 0 fully saturated rings. The summed E-state index contributed by atoms with van der Waals surface area (Å²) in [5.41, 5.74) is 3.51. The molecule has 0 saturated carbocycles. The highest BCUT2D eigenvalue weighted by Crippen LogP contribution is 2.23. The molecule has 0 radical (unpaired) electrons. The fraction of sp³-hybridized carbons (Fsp3) is 0.471. The number of aryl methyl sites for hydroxylation is 1. The average Bonchev–Trinajstić information content (AvgIpc) is 2.92. The molecule has 0 spiro atoms. The van der Waals surface area contributed by atoms with Crippen LogP contribution in [0.1, 0.15) is 43.6 Å². The minimum atomic E-state index is 0.164. The molecule has 3 heteroatoms. The summed E-state index contributed by atoms with van der Waals surface area (Å²) >= 11 is 1.75. The minimum Gasteiger partial charge on any atom is -0.311 e. The Morgan fingerprint density at radius 3 is 2.55 bits per heavy atom. The lowest BCUT2D eigenvalue weighted by molar-refractivity contribution is 0.399. The molecule has 1 aromatic heterocycles. The van der Waals surface area contributed by atoms with Crippen LogP contribution in [0.2, 0.25) is 0 Å². The molecule has 0 aliphatic carbocycles. The van der Waals surface area contributed by atoms with Crippen LogP contribution in [-0.2, 0) is 6.42 Å². The molecule has 2 aromatic rings. The van der Waals surface area contributed by atoms with Gasteiger partial charge in [0.05, 0.1) is 5.51 Å². The van der Waals surface area contributed by atoms with Crippen LogP contribution in [0.5, 0.6) is 0 Å². The molecule has 1 heterocycles. The van der Waals surface area contributed by atoms with Crippen molar-refractivity contribution in [3.8, 4) is 0 Å². The van der Waals surface area contributed by atoms with Crippen molar-refractivity contribution in [3.63, 3.8) is 0 Å². The minimum absolute atomic E-state index is 0.164. The first-order valence-corrected chi connectivity index (χ1v) is 8.10. The summed E-state index contributed by atoms with van der Waals surface area (Å²) in [5, 5.41) is 3.64. The van der Waals surface area contributed by atoms with E-state index >= 15 is 0 Å². The van der Waals surface area contributed by atoms with Gasteiger partial charge in [-0.05, 0) is 45.1 Å². The van der Waals surface area contributed by atoms with Gasteiger partial charge in [-0.2, -0.15) is 0 Å². The van der Waals surface area contributed by atoms with Gasteiger partial charge < -0.3 is 5.32 Å². The maximum Gasteiger partial charge on any atom is 0.0794 e. The van der Waals surface area contributed by atoms with E-state index in [4.69, 9.17) is 0 Å². The van der Waals surface area contributed by atoms with Crippen molar-refractivity contribution in [1.82, 2.24) is 10.3 Å². The van der Waals surface area contributed by atoms with Crippen molar-refractivity contribution in [2.24, 2.45) is 0 Å². The van der Waals surface area contributed by atoms with Crippen molar-refractivity contribution >= 4 is 11.3 Å². The maximum absolute atomic E-state index is 4.16. The Labute approximate surface area is 126 Å². The van der Waals surface area contributed by atoms with E-state index in [0.717, 1.165) is 19.4 Å². The van der Waals surface area contributed by atoms with Crippen molar-refractivity contribution < 1.29 is 0 Å². The number of benzene rings is 1. The summed E-state index contributed by atoms with van der Waals surface area (Å²) in [6, 6.07) is 10.8. The molecule has 20 heavy (non-hydrogen) atoms. The number of rotatable bonds is 6. The first kappa shape index (κ1) is 15.2. The third kappa shape index (κ3) is 5.06. The fourth-order valence-corrected chi connectivity index (χ4v) is 2.84. The molecule has 0 bridgehead atoms. The van der Waals surface area contributed by atoms with Crippen LogP contribution in [0.25, 0.3) is 0 Å². The Balaban J connectivity index is 2.00. The Kier molecular flexibility index (Phi) is 5.32. The number of hydrogen-bond donors (Lipinski definition) is 1. The fourth-order valence-electron chi connectivity index (χ4n) is 2.22. The van der Waals surface area contributed by atoms with Gasteiger partial charge in [-0.25, -0.2) is 0 Å². The van der Waals surface area contributed by atoms with E-state index in [1.165, 1.54) is 10.4 Å². The van der Waals surface area contributed by atoms with Gasteiger partial charge in [0.25, 0.3) is 0 Å². The van der Waals surface area contributed by atoms with E-state index < -0.39 is 0 Å². The van der Waals surface area contributed by atoms with Crippen LogP contribution in [0.4, 0.5) is 0 Å². The number of nitrogens with zero attached hydrogens (tertiary/aromatic N) is 1. The van der Waals surface area contributed by atoms with Gasteiger partial charge in [0, 0.05) is 23.2 Å². The highest BCUT2D eigenvalue weighted by Gasteiger charge is 2.16. The highest BCUT2D eigenvalue weighted by molar-refractivity contribution is 7.09. The Bertz CT molecular complexity index is 485. The van der Waals surface area contributed by atoms with Gasteiger partial charge in [0.1, 0.15) is 0 Å². The molecule has 1 aromatic carbocycles. The van der Waals surface area contributed by atoms with Crippen molar-refractivity contribution in [2.45, 2.75) is 45.1 Å². The van der Waals surface area contributed by atoms with Gasteiger partial charge in [0.15, 0.2) is 0 Å². The molecule has 2 rings (SSSR count). The van der Waals surface area contributed by atoms with Crippen LogP contribution in [0.15, 0.2) is 42.0 Å². The largest absolute Gasteiger partial charge is 0.311 e. The second-order valence-corrected chi connectivity index (χ2v) is 7.22. The zero-order valence-electron chi connectivity index (χ0n) is 12.6. The summed E-state index contributed by atoms with van der Waals surface area (Å²) < 4.78 is 0. The van der Waals surface area contributed by atoms with Crippen molar-refractivity contribution in [1.29, 1.82) is 0 Å². The SMILES string of the molecule is CC(C)(C)NCC(CCc1cncs1)c1ccccc1. The molecule has 0 aliphatic heterocycles. The zero-order chi connectivity index (χ0) is 14.4. The number of thiazole rings is 1. The first-order valence-electron chi connectivity index (χ1n) is 7.22. The van der Waals surface area contributed by atoms with Crippen molar-refractivity contribution in [3.05, 3.63) is 52.5 Å². The standard InChI is InChI=1S/C17H24N2S/c1-17(2,3)19-11-15(14-7-5-4-6-8-14)9-10-16-12-18-13-20-16/h4-8,12-13,15,19H,9-11H2,1-3H3. The second kappa shape index (κ2) is 7.00. The quantitative estimate of drug-likeness (QED) is 0.859. The lowest BCUT2D eigenvalue weighted by Crippen LogP contribution is -2.38. The summed E-state index contributed by atoms with van der Waals surface area (Å²) in [7, 11) is 0. The molecular formula is C17H24N2S. The van der Waals surface area contributed by atoms with Crippen LogP contribution in [-0.4, -0.2) is 17.1 Å². The van der Waals surface area contributed by atoms with Gasteiger partial charge in [-0.3, -0.25) is 4.98 Å². The van der Waals surface area contributed by atoms with E-state index in [9.17, 15) is 0 Å². The summed E-state index contributed by atoms with van der Waals surface area (Å²) in [6.07, 6.45) is 4.26. The highest BCUT2D eigenvalue weighted by atomic mass is 32.1. The van der Waals surface area contributed by atoms with Crippen LogP contribution in [0.3, 0.4) is 0 Å². The maximum atomic E-state index is 4.16. The van der Waals surface area contributed by atoms with Gasteiger partial charge in [-0.1, -0.05) is 30.3 Å². The zero-order valence-corrected chi connectivity index (χ0v) is 13.4. The molecule has 1 N–H and O–H groups in total. The van der Waals surface area contributed by atoms with Gasteiger partial charge in [-0.15, -0.1) is 11.3 Å². The number of nitrogens with one attached hydrogen (secondary N) is 1. The number of aromatic nitrogens is 1. The van der Waals surface area contributed by atoms with E-state index in [2.05, 4.69) is 61.4 Å². The molecule has 0 saturated heterocycles. The summed E-state index contributed by atoms with van der Waals surface area (Å²) in [5.74, 6) is 0.553. The van der Waals surface area contributed by atoms with Gasteiger partial charge in [0.2, 0.25) is 0 Å². The molecule has 0 aliphatic rings. The molecule has 0 amide bonds. The summed E-state index contributed by atoms with van der Waals surface area (Å²) in [6.45, 7) is 7.68. The third-order valence-electron chi connectivity index (χ3n) is 3.37.